The summed E-state index contributed by atoms with van der Waals surface area (Å²) in [4.78, 5) is 11.5. The molecule has 11 heteroatoms. The van der Waals surface area contributed by atoms with Gasteiger partial charge in [-0.05, 0) is 44.5 Å². The van der Waals surface area contributed by atoms with Gasteiger partial charge in [0.25, 0.3) is 0 Å². The quantitative estimate of drug-likeness (QED) is 0.743. The van der Waals surface area contributed by atoms with Crippen molar-refractivity contribution in [2.75, 3.05) is 26.7 Å². The van der Waals surface area contributed by atoms with Gasteiger partial charge in [0.2, 0.25) is 10.0 Å². The van der Waals surface area contributed by atoms with Crippen LogP contribution < -0.4 is 4.74 Å². The molecule has 1 fully saturated rings. The van der Waals surface area contributed by atoms with Gasteiger partial charge in [0.05, 0.1) is 6.04 Å². The van der Waals surface area contributed by atoms with E-state index >= 15 is 0 Å². The number of rotatable bonds is 2. The highest BCUT2D eigenvalue weighted by molar-refractivity contribution is 7.89. The summed E-state index contributed by atoms with van der Waals surface area (Å²) in [6.07, 6.45) is -3.52. The Labute approximate surface area is 174 Å². The number of nitrogens with zero attached hydrogens (tertiary/aromatic N) is 2. The topological polar surface area (TPSA) is 87.2 Å². The van der Waals surface area contributed by atoms with Crippen LogP contribution in [0, 0.1) is 5.92 Å². The number of aliphatic carboxylic acids is 1. The molecular weight excluding hydrogens is 425 g/mol. The molecule has 2 aliphatic rings. The molecule has 170 valence electrons. The lowest BCUT2D eigenvalue weighted by molar-refractivity contribution is -0.192. The minimum Gasteiger partial charge on any atom is -0.487 e. The van der Waals surface area contributed by atoms with Crippen LogP contribution in [-0.4, -0.2) is 73.7 Å². The molecule has 0 saturated carbocycles. The molecule has 7 nitrogen and oxygen atoms in total. The van der Waals surface area contributed by atoms with Crippen LogP contribution in [0.25, 0.3) is 0 Å². The smallest absolute Gasteiger partial charge is 0.487 e. The number of benzene rings is 1. The lowest BCUT2D eigenvalue weighted by Gasteiger charge is -2.32. The van der Waals surface area contributed by atoms with Gasteiger partial charge in [-0.2, -0.15) is 17.5 Å². The van der Waals surface area contributed by atoms with Crippen LogP contribution in [0.15, 0.2) is 29.2 Å². The molecule has 2 atom stereocenters. The van der Waals surface area contributed by atoms with Gasteiger partial charge in [-0.1, -0.05) is 26.0 Å². The molecule has 0 aliphatic carbocycles. The van der Waals surface area contributed by atoms with Crippen LogP contribution in [0.2, 0.25) is 0 Å². The van der Waals surface area contributed by atoms with Crippen molar-refractivity contribution in [1.82, 2.24) is 9.21 Å². The van der Waals surface area contributed by atoms with E-state index in [0.717, 1.165) is 25.9 Å². The molecular formula is C19H27F3N2O5S. The van der Waals surface area contributed by atoms with E-state index in [1.165, 1.54) is 0 Å². The van der Waals surface area contributed by atoms with Gasteiger partial charge in [-0.3, -0.25) is 0 Å². The first kappa shape index (κ1) is 24.4. The van der Waals surface area contributed by atoms with E-state index in [9.17, 15) is 21.6 Å². The van der Waals surface area contributed by atoms with Crippen LogP contribution in [-0.2, 0) is 14.8 Å². The molecule has 30 heavy (non-hydrogen) atoms. The Balaban J connectivity index is 0.000000396. The van der Waals surface area contributed by atoms with Crippen molar-refractivity contribution in [3.63, 3.8) is 0 Å². The first-order valence-electron chi connectivity index (χ1n) is 9.60. The van der Waals surface area contributed by atoms with E-state index in [0.29, 0.717) is 17.2 Å². The van der Waals surface area contributed by atoms with Crippen molar-refractivity contribution in [2.45, 2.75) is 49.9 Å². The molecule has 2 aliphatic heterocycles. The zero-order valence-corrected chi connectivity index (χ0v) is 17.9. The molecule has 1 N–H and O–H groups in total. The highest BCUT2D eigenvalue weighted by Gasteiger charge is 2.43. The van der Waals surface area contributed by atoms with Gasteiger partial charge < -0.3 is 14.7 Å². The van der Waals surface area contributed by atoms with E-state index in [1.807, 2.05) is 6.07 Å². The molecule has 2 heterocycles. The molecule has 0 unspecified atom stereocenters. The summed E-state index contributed by atoms with van der Waals surface area (Å²) in [6, 6.07) is 6.94. The minimum atomic E-state index is -5.08. The highest BCUT2D eigenvalue weighted by atomic mass is 32.2. The number of carboxylic acids is 1. The molecule has 1 saturated heterocycles. The fourth-order valence-electron chi connectivity index (χ4n) is 3.48. The third kappa shape index (κ3) is 5.86. The Bertz CT molecular complexity index is 845. The molecule has 0 bridgehead atoms. The second-order valence-electron chi connectivity index (χ2n) is 7.82. The fraction of sp³-hybridized carbons (Fsp3) is 0.632. The zero-order chi connectivity index (χ0) is 22.7. The maximum Gasteiger partial charge on any atom is 0.490 e. The highest BCUT2D eigenvalue weighted by Crippen LogP contribution is 2.36. The average Bonchev–Trinajstić information content (AvgIpc) is 2.85. The predicted molar refractivity (Wildman–Crippen MR) is 104 cm³/mol. The summed E-state index contributed by atoms with van der Waals surface area (Å²) in [6.45, 7) is 6.48. The van der Waals surface area contributed by atoms with Crippen LogP contribution in [0.1, 0.15) is 26.7 Å². The van der Waals surface area contributed by atoms with E-state index in [2.05, 4.69) is 25.8 Å². The Kier molecular flexibility index (Phi) is 7.75. The summed E-state index contributed by atoms with van der Waals surface area (Å²) < 4.78 is 66.1. The number of para-hydroxylation sites is 1. The lowest BCUT2D eigenvalue weighted by atomic mass is 10.0. The molecule has 0 radical (unpaired) electrons. The Hall–Kier alpha value is -1.85. The van der Waals surface area contributed by atoms with E-state index in [-0.39, 0.29) is 18.1 Å². The summed E-state index contributed by atoms with van der Waals surface area (Å²) in [5.74, 6) is -1.98. The second kappa shape index (κ2) is 9.52. The van der Waals surface area contributed by atoms with Crippen molar-refractivity contribution in [3.05, 3.63) is 24.3 Å². The summed E-state index contributed by atoms with van der Waals surface area (Å²) in [5, 5.41) is 7.12. The van der Waals surface area contributed by atoms with Crippen LogP contribution in [0.3, 0.4) is 0 Å². The lowest BCUT2D eigenvalue weighted by Crippen LogP contribution is -2.48. The number of halogens is 3. The monoisotopic (exact) mass is 452 g/mol. The fourth-order valence-corrected chi connectivity index (χ4v) is 5.44. The average molecular weight is 452 g/mol. The predicted octanol–water partition coefficient (Wildman–Crippen LogP) is 2.82. The third-order valence-electron chi connectivity index (χ3n) is 4.90. The zero-order valence-electron chi connectivity index (χ0n) is 17.1. The summed E-state index contributed by atoms with van der Waals surface area (Å²) in [7, 11) is -1.44. The van der Waals surface area contributed by atoms with Crippen molar-refractivity contribution in [1.29, 1.82) is 0 Å². The van der Waals surface area contributed by atoms with Crippen LogP contribution in [0.4, 0.5) is 13.2 Å². The molecule has 1 aromatic carbocycles. The maximum absolute atomic E-state index is 13.2. The number of carboxylic acid groups (broad SMARTS) is 1. The Morgan fingerprint density at radius 3 is 2.37 bits per heavy atom. The molecule has 0 aromatic heterocycles. The number of ether oxygens (including phenoxy) is 1. The standard InChI is InChI=1S/C17H26N2O3S.C2HF3O2/c1-13(2)12-19-14-8-10-18(3)11-9-15(14)22-16-6-4-5-7-17(16)23(19,20)21;3-2(4,5)1(6)7/h4-7,13-15H,8-12H2,1-3H3;(H,6,7)/t14-,15-;/m0./s1. The number of hydrogen-bond acceptors (Lipinski definition) is 5. The summed E-state index contributed by atoms with van der Waals surface area (Å²) >= 11 is 0. The molecule has 0 spiro atoms. The van der Waals surface area contributed by atoms with Crippen molar-refractivity contribution >= 4 is 16.0 Å². The largest absolute Gasteiger partial charge is 0.490 e. The first-order chi connectivity index (χ1) is 13.8. The van der Waals surface area contributed by atoms with Gasteiger partial charge in [0.1, 0.15) is 16.7 Å². The number of likely N-dealkylation sites (tertiary alicyclic amines) is 1. The number of alkyl halides is 3. The van der Waals surface area contributed by atoms with Gasteiger partial charge in [0.15, 0.2) is 0 Å². The third-order valence-corrected chi connectivity index (χ3v) is 6.83. The summed E-state index contributed by atoms with van der Waals surface area (Å²) in [5.41, 5.74) is 0. The van der Waals surface area contributed by atoms with Crippen molar-refractivity contribution in [2.24, 2.45) is 5.92 Å². The van der Waals surface area contributed by atoms with Crippen molar-refractivity contribution in [3.8, 4) is 5.75 Å². The number of carbonyl (C=O) groups is 1. The van der Waals surface area contributed by atoms with Gasteiger partial charge >= 0.3 is 12.1 Å². The number of fused-ring (bicyclic) bond motifs is 2. The first-order valence-corrected chi connectivity index (χ1v) is 11.0. The Morgan fingerprint density at radius 1 is 1.23 bits per heavy atom. The van der Waals surface area contributed by atoms with E-state index in [1.54, 1.807) is 22.5 Å². The normalized spacial score (nSPS) is 24.4. The maximum atomic E-state index is 13.2. The molecule has 3 rings (SSSR count). The van der Waals surface area contributed by atoms with E-state index in [4.69, 9.17) is 14.6 Å². The van der Waals surface area contributed by atoms with Gasteiger partial charge in [-0.15, -0.1) is 0 Å². The second-order valence-corrected chi connectivity index (χ2v) is 9.68. The van der Waals surface area contributed by atoms with E-state index < -0.39 is 22.2 Å². The molecule has 1 aromatic rings. The van der Waals surface area contributed by atoms with Gasteiger partial charge in [0, 0.05) is 13.1 Å². The SMILES string of the molecule is CC(C)CN1[C@H]2CCN(C)CC[C@@H]2Oc2ccccc2S1(=O)=O.O=C(O)C(F)(F)F. The Morgan fingerprint density at radius 2 is 1.80 bits per heavy atom. The van der Waals surface area contributed by atoms with Crippen LogP contribution in [0.5, 0.6) is 5.75 Å². The number of sulfonamides is 1. The minimum absolute atomic E-state index is 0.0860. The van der Waals surface area contributed by atoms with Crippen LogP contribution >= 0.6 is 0 Å². The number of hydrogen-bond donors (Lipinski definition) is 1. The van der Waals surface area contributed by atoms with Crippen molar-refractivity contribution < 1.29 is 36.2 Å². The molecule has 0 amide bonds. The van der Waals surface area contributed by atoms with Gasteiger partial charge in [-0.25, -0.2) is 13.2 Å².